The molecule has 54 valence electrons. The average molecular weight is 179 g/mol. The Hall–Kier alpha value is 0.111. The van der Waals surface area contributed by atoms with E-state index in [0.29, 0.717) is 0 Å². The van der Waals surface area contributed by atoms with Crippen LogP contribution >= 0.6 is 0 Å². The highest BCUT2D eigenvalue weighted by atomic mass is 28.3. The van der Waals surface area contributed by atoms with Gasteiger partial charge in [-0.2, -0.15) is 0 Å². The minimum absolute atomic E-state index is 0.319. The van der Waals surface area contributed by atoms with Crippen LogP contribution in [-0.2, 0) is 8.23 Å². The van der Waals surface area contributed by atoms with Gasteiger partial charge in [-0.05, 0) is 12.2 Å². The highest BCUT2D eigenvalue weighted by molar-refractivity contribution is 6.41. The topological polar surface area (TPSA) is 44.5 Å². The van der Waals surface area contributed by atoms with Crippen LogP contribution in [0.3, 0.4) is 0 Å². The second kappa shape index (κ2) is 8.11. The Morgan fingerprint density at radius 2 is 2.44 bits per heavy atom. The van der Waals surface area contributed by atoms with Gasteiger partial charge in [0.1, 0.15) is 10.5 Å². The first-order valence-electron chi connectivity index (χ1n) is 2.85. The highest BCUT2D eigenvalue weighted by Crippen LogP contribution is 1.79. The van der Waals surface area contributed by atoms with Crippen molar-refractivity contribution in [2.75, 3.05) is 0 Å². The smallest absolute Gasteiger partial charge is 0.282 e. The molecule has 0 atom stereocenters. The number of rotatable bonds is 5. The summed E-state index contributed by atoms with van der Waals surface area (Å²) in [6.45, 7) is 0. The third kappa shape index (κ3) is 8.11. The van der Waals surface area contributed by atoms with E-state index < -0.39 is 10.0 Å². The molecule has 0 rings (SSSR count). The first-order chi connectivity index (χ1) is 4.41. The summed E-state index contributed by atoms with van der Waals surface area (Å²) in [5, 5.41) is 0. The minimum Gasteiger partial charge on any atom is -0.449 e. The number of nitrogens with two attached hydrogens (primary N) is 1. The molecule has 0 aliphatic rings. The van der Waals surface area contributed by atoms with Gasteiger partial charge in [-0.15, -0.1) is 0 Å². The van der Waals surface area contributed by atoms with Gasteiger partial charge >= 0.3 is 0 Å². The number of hydrogen-bond acceptors (Lipinski definition) is 3. The Morgan fingerprint density at radius 3 is 3.00 bits per heavy atom. The average Bonchev–Trinajstić information content (AvgIpc) is 1.89. The lowest BCUT2D eigenvalue weighted by molar-refractivity contribution is 0.503. The Morgan fingerprint density at radius 1 is 1.67 bits per heavy atom. The third-order valence-electron chi connectivity index (χ3n) is 0.766. The predicted octanol–water partition coefficient (Wildman–Crippen LogP) is -2.73. The predicted molar refractivity (Wildman–Crippen MR) is 47.3 cm³/mol. The standard InChI is InChI=1S/C3H13NO2Si3/c4-2-1-3-8-6-9-5-7/h1-2H,3-4,8-9H2,7H3. The van der Waals surface area contributed by atoms with Crippen LogP contribution in [0.15, 0.2) is 12.3 Å². The maximum absolute atomic E-state index is 5.27. The Kier molecular flexibility index (Phi) is 8.21. The molecule has 9 heavy (non-hydrogen) atoms. The van der Waals surface area contributed by atoms with E-state index in [1.165, 1.54) is 0 Å². The minimum atomic E-state index is -0.558. The summed E-state index contributed by atoms with van der Waals surface area (Å²) in [5.74, 6) is 0. The summed E-state index contributed by atoms with van der Waals surface area (Å²) in [6, 6.07) is 1.04. The molecule has 2 N–H and O–H groups in total. The van der Waals surface area contributed by atoms with Crippen LogP contribution in [0.5, 0.6) is 0 Å². The summed E-state index contributed by atoms with van der Waals surface area (Å²) < 4.78 is 10.2. The van der Waals surface area contributed by atoms with Crippen molar-refractivity contribution in [1.82, 2.24) is 0 Å². The van der Waals surface area contributed by atoms with E-state index in [9.17, 15) is 0 Å². The molecule has 0 heterocycles. The lowest BCUT2D eigenvalue weighted by atomic mass is 10.7. The van der Waals surface area contributed by atoms with Gasteiger partial charge in [0.15, 0.2) is 9.76 Å². The van der Waals surface area contributed by atoms with Crippen LogP contribution in [-0.4, -0.2) is 30.3 Å². The molecule has 0 amide bonds. The molecule has 0 unspecified atom stereocenters. The van der Waals surface area contributed by atoms with Crippen LogP contribution in [0.2, 0.25) is 6.04 Å². The van der Waals surface area contributed by atoms with Gasteiger partial charge in [0, 0.05) is 0 Å². The van der Waals surface area contributed by atoms with Crippen molar-refractivity contribution >= 4 is 30.3 Å². The normalized spacial score (nSPS) is 13.8. The van der Waals surface area contributed by atoms with Crippen molar-refractivity contribution in [2.24, 2.45) is 5.73 Å². The molecule has 0 saturated carbocycles. The monoisotopic (exact) mass is 179 g/mol. The number of hydrogen-bond donors (Lipinski definition) is 1. The van der Waals surface area contributed by atoms with Crippen LogP contribution < -0.4 is 5.73 Å². The molecule has 0 saturated heterocycles. The van der Waals surface area contributed by atoms with Crippen LogP contribution in [0.25, 0.3) is 0 Å². The van der Waals surface area contributed by atoms with E-state index in [4.69, 9.17) is 14.0 Å². The Bertz CT molecular complexity index is 79.5. The van der Waals surface area contributed by atoms with E-state index in [-0.39, 0.29) is 9.76 Å². The van der Waals surface area contributed by atoms with Crippen molar-refractivity contribution in [3.05, 3.63) is 12.3 Å². The van der Waals surface area contributed by atoms with Crippen molar-refractivity contribution in [1.29, 1.82) is 0 Å². The molecule has 0 aliphatic carbocycles. The molecule has 0 aliphatic heterocycles. The molecular weight excluding hydrogens is 166 g/mol. The molecular formula is C3H13NO2Si3. The van der Waals surface area contributed by atoms with E-state index in [1.54, 1.807) is 6.20 Å². The van der Waals surface area contributed by atoms with Gasteiger partial charge < -0.3 is 14.0 Å². The zero-order valence-corrected chi connectivity index (χ0v) is 10.5. The molecule has 3 nitrogen and oxygen atoms in total. The Labute approximate surface area is 63.2 Å². The van der Waals surface area contributed by atoms with Gasteiger partial charge in [0.05, 0.1) is 0 Å². The second-order valence-corrected chi connectivity index (χ2v) is 6.70. The zero-order valence-electron chi connectivity index (χ0n) is 5.67. The lowest BCUT2D eigenvalue weighted by Gasteiger charge is -1.97. The van der Waals surface area contributed by atoms with Crippen molar-refractivity contribution in [3.8, 4) is 0 Å². The molecule has 0 aromatic rings. The van der Waals surface area contributed by atoms with Crippen molar-refractivity contribution in [3.63, 3.8) is 0 Å². The van der Waals surface area contributed by atoms with E-state index in [1.807, 2.05) is 6.08 Å². The largest absolute Gasteiger partial charge is 0.449 e. The molecule has 6 heteroatoms. The van der Waals surface area contributed by atoms with E-state index >= 15 is 0 Å². The van der Waals surface area contributed by atoms with Crippen LogP contribution in [0, 0.1) is 0 Å². The van der Waals surface area contributed by atoms with Gasteiger partial charge in [0.25, 0.3) is 10.0 Å². The van der Waals surface area contributed by atoms with Crippen molar-refractivity contribution in [2.45, 2.75) is 6.04 Å². The summed E-state index contributed by atoms with van der Waals surface area (Å²) in [4.78, 5) is 0. The zero-order chi connectivity index (χ0) is 6.95. The van der Waals surface area contributed by atoms with Gasteiger partial charge in [-0.25, -0.2) is 0 Å². The van der Waals surface area contributed by atoms with Gasteiger partial charge in [0.2, 0.25) is 0 Å². The fourth-order valence-electron chi connectivity index (χ4n) is 0.390. The fourth-order valence-corrected chi connectivity index (χ4v) is 4.02. The highest BCUT2D eigenvalue weighted by Gasteiger charge is 1.83. The molecule has 0 bridgehead atoms. The van der Waals surface area contributed by atoms with Crippen molar-refractivity contribution < 1.29 is 8.23 Å². The van der Waals surface area contributed by atoms with E-state index in [2.05, 4.69) is 0 Å². The Balaban J connectivity index is 2.75. The second-order valence-electron chi connectivity index (χ2n) is 1.53. The van der Waals surface area contributed by atoms with E-state index in [0.717, 1.165) is 16.5 Å². The molecule has 0 radical (unpaired) electrons. The third-order valence-corrected chi connectivity index (χ3v) is 4.10. The van der Waals surface area contributed by atoms with Crippen LogP contribution in [0.4, 0.5) is 0 Å². The lowest BCUT2D eigenvalue weighted by Crippen LogP contribution is -2.05. The molecule has 0 aromatic carbocycles. The molecule has 0 fully saturated rings. The van der Waals surface area contributed by atoms with Gasteiger partial charge in [-0.1, -0.05) is 6.08 Å². The number of allylic oxidation sites excluding steroid dienone is 1. The summed E-state index contributed by atoms with van der Waals surface area (Å²) in [6.07, 6.45) is 3.51. The van der Waals surface area contributed by atoms with Crippen LogP contribution in [0.1, 0.15) is 0 Å². The fraction of sp³-hybridized carbons (Fsp3) is 0.333. The summed E-state index contributed by atoms with van der Waals surface area (Å²) in [5.41, 5.74) is 5.12. The first kappa shape index (κ1) is 9.11. The molecule has 0 aromatic heterocycles. The quantitative estimate of drug-likeness (QED) is 0.368. The summed E-state index contributed by atoms with van der Waals surface area (Å²) in [7, 11) is -0.0515. The molecule has 0 spiro atoms. The SMILES string of the molecule is NC=CC[SiH2]O[SiH2]O[SiH3]. The first-order valence-corrected chi connectivity index (χ1v) is 6.40. The summed E-state index contributed by atoms with van der Waals surface area (Å²) >= 11 is 0. The van der Waals surface area contributed by atoms with Gasteiger partial charge in [-0.3, -0.25) is 0 Å². The maximum Gasteiger partial charge on any atom is 0.282 e. The maximum atomic E-state index is 5.27.